The number of urea groups is 1. The maximum absolute atomic E-state index is 11.8. The Morgan fingerprint density at radius 1 is 1.35 bits per heavy atom. The van der Waals surface area contributed by atoms with Crippen molar-refractivity contribution in [3.63, 3.8) is 0 Å². The molecule has 0 atom stereocenters. The van der Waals surface area contributed by atoms with Gasteiger partial charge in [0.1, 0.15) is 0 Å². The summed E-state index contributed by atoms with van der Waals surface area (Å²) in [4.78, 5) is 15.9. The third-order valence-electron chi connectivity index (χ3n) is 2.24. The van der Waals surface area contributed by atoms with Gasteiger partial charge in [-0.25, -0.2) is 9.78 Å². The Kier molecular flexibility index (Phi) is 5.28. The molecule has 1 aromatic heterocycles. The Bertz CT molecular complexity index is 610. The van der Waals surface area contributed by atoms with E-state index in [1.54, 1.807) is 29.7 Å². The highest BCUT2D eigenvalue weighted by atomic mass is 79.9. The number of aromatic nitrogens is 1. The minimum atomic E-state index is -0.348. The number of rotatable bonds is 4. The number of aliphatic hydroxyl groups excluding tert-OH is 1. The lowest BCUT2D eigenvalue weighted by atomic mass is 10.3. The quantitative estimate of drug-likeness (QED) is 0.786. The summed E-state index contributed by atoms with van der Waals surface area (Å²) in [7, 11) is 0. The van der Waals surface area contributed by atoms with E-state index in [0.29, 0.717) is 16.5 Å². The molecule has 0 aliphatic carbocycles. The van der Waals surface area contributed by atoms with E-state index in [4.69, 9.17) is 5.11 Å². The van der Waals surface area contributed by atoms with Crippen molar-refractivity contribution in [1.82, 2.24) is 4.98 Å². The summed E-state index contributed by atoms with van der Waals surface area (Å²) in [5.41, 5.74) is 1.39. The topological polar surface area (TPSA) is 74.2 Å². The fourth-order valence-electron chi connectivity index (χ4n) is 1.39. The highest BCUT2D eigenvalue weighted by Crippen LogP contribution is 2.18. The smallest absolute Gasteiger partial charge is 0.325 e. The van der Waals surface area contributed by atoms with Gasteiger partial charge in [0.15, 0.2) is 5.13 Å². The van der Waals surface area contributed by atoms with Crippen LogP contribution in [0.2, 0.25) is 0 Å². The number of benzene rings is 1. The zero-order chi connectivity index (χ0) is 14.4. The van der Waals surface area contributed by atoms with Crippen molar-refractivity contribution in [2.24, 2.45) is 0 Å². The molecular formula is C13H12BrN3O2S. The molecule has 0 spiro atoms. The van der Waals surface area contributed by atoms with Gasteiger partial charge in [0.25, 0.3) is 0 Å². The summed E-state index contributed by atoms with van der Waals surface area (Å²) in [6.07, 6.45) is 3.27. The van der Waals surface area contributed by atoms with Gasteiger partial charge < -0.3 is 10.4 Å². The van der Waals surface area contributed by atoms with Crippen molar-refractivity contribution in [3.05, 3.63) is 45.9 Å². The number of halogens is 1. The molecule has 0 fully saturated rings. The summed E-state index contributed by atoms with van der Waals surface area (Å²) >= 11 is 4.65. The largest absolute Gasteiger partial charge is 0.392 e. The molecule has 0 aliphatic rings. The first-order valence-electron chi connectivity index (χ1n) is 5.74. The fraction of sp³-hybridized carbons (Fsp3) is 0.0769. The molecule has 2 aromatic rings. The van der Waals surface area contributed by atoms with Gasteiger partial charge in [0.2, 0.25) is 0 Å². The number of hydrogen-bond acceptors (Lipinski definition) is 4. The van der Waals surface area contributed by atoms with Crippen LogP contribution in [0.4, 0.5) is 15.6 Å². The van der Waals surface area contributed by atoms with Gasteiger partial charge in [-0.2, -0.15) is 0 Å². The van der Waals surface area contributed by atoms with Crippen LogP contribution in [0, 0.1) is 0 Å². The molecule has 7 heteroatoms. The molecule has 2 amide bonds. The Balaban J connectivity index is 1.92. The Morgan fingerprint density at radius 3 is 2.80 bits per heavy atom. The minimum absolute atomic E-state index is 0.0374. The number of nitrogens with one attached hydrogen (secondary N) is 2. The lowest BCUT2D eigenvalue weighted by Crippen LogP contribution is -2.19. The number of hydrogen-bond donors (Lipinski definition) is 3. The highest BCUT2D eigenvalue weighted by molar-refractivity contribution is 9.10. The summed E-state index contributed by atoms with van der Waals surface area (Å²) in [5, 5.41) is 16.3. The van der Waals surface area contributed by atoms with Crippen LogP contribution in [0.5, 0.6) is 0 Å². The molecule has 1 aromatic carbocycles. The molecule has 0 aliphatic heterocycles. The van der Waals surface area contributed by atoms with Gasteiger partial charge in [-0.15, -0.1) is 11.3 Å². The first-order chi connectivity index (χ1) is 9.67. The number of aliphatic hydroxyl groups is 1. The lowest BCUT2D eigenvalue weighted by molar-refractivity contribution is 0.262. The Morgan fingerprint density at radius 2 is 2.10 bits per heavy atom. The molecule has 5 nitrogen and oxygen atoms in total. The molecule has 0 saturated carbocycles. The van der Waals surface area contributed by atoms with Gasteiger partial charge in [-0.3, -0.25) is 5.32 Å². The van der Waals surface area contributed by atoms with E-state index in [9.17, 15) is 4.79 Å². The molecule has 0 saturated heterocycles. The Labute approximate surface area is 128 Å². The van der Waals surface area contributed by atoms with E-state index >= 15 is 0 Å². The van der Waals surface area contributed by atoms with Crippen molar-refractivity contribution in [2.75, 3.05) is 17.2 Å². The Hall–Kier alpha value is -1.70. The average Bonchev–Trinajstić information content (AvgIpc) is 2.86. The van der Waals surface area contributed by atoms with Crippen molar-refractivity contribution in [2.45, 2.75) is 0 Å². The van der Waals surface area contributed by atoms with Crippen LogP contribution in [0.3, 0.4) is 0 Å². The van der Waals surface area contributed by atoms with Crippen LogP contribution >= 0.6 is 27.3 Å². The van der Waals surface area contributed by atoms with E-state index in [-0.39, 0.29) is 12.6 Å². The van der Waals surface area contributed by atoms with Gasteiger partial charge in [0, 0.05) is 15.5 Å². The second-order valence-corrected chi connectivity index (χ2v) is 5.52. The summed E-state index contributed by atoms with van der Waals surface area (Å²) in [5.74, 6) is 0. The van der Waals surface area contributed by atoms with Crippen LogP contribution in [0.15, 0.2) is 40.2 Å². The van der Waals surface area contributed by atoms with Gasteiger partial charge in [-0.05, 0) is 30.3 Å². The van der Waals surface area contributed by atoms with Crippen LogP contribution < -0.4 is 10.6 Å². The zero-order valence-electron chi connectivity index (χ0n) is 10.3. The van der Waals surface area contributed by atoms with Gasteiger partial charge >= 0.3 is 6.03 Å². The SMILES string of the molecule is O=C(Nc1ccc(Br)cc1)Nc1nc(C=CCO)cs1. The number of amides is 2. The summed E-state index contributed by atoms with van der Waals surface area (Å²) in [6.45, 7) is -0.0374. The molecule has 1 heterocycles. The lowest BCUT2D eigenvalue weighted by Gasteiger charge is -2.05. The van der Waals surface area contributed by atoms with Crippen LogP contribution in [-0.2, 0) is 0 Å². The van der Waals surface area contributed by atoms with Crippen molar-refractivity contribution in [3.8, 4) is 0 Å². The number of thiazole rings is 1. The first-order valence-corrected chi connectivity index (χ1v) is 7.41. The third-order valence-corrected chi connectivity index (χ3v) is 3.54. The molecule has 104 valence electrons. The molecule has 3 N–H and O–H groups in total. The monoisotopic (exact) mass is 353 g/mol. The molecule has 20 heavy (non-hydrogen) atoms. The average molecular weight is 354 g/mol. The third kappa shape index (κ3) is 4.44. The maximum Gasteiger partial charge on any atom is 0.325 e. The van der Waals surface area contributed by atoms with Crippen molar-refractivity contribution < 1.29 is 9.90 Å². The van der Waals surface area contributed by atoms with Crippen molar-refractivity contribution >= 4 is 50.2 Å². The number of carbonyl (C=O) groups excluding carboxylic acids is 1. The zero-order valence-corrected chi connectivity index (χ0v) is 12.7. The van der Waals surface area contributed by atoms with Crippen LogP contribution in [-0.4, -0.2) is 22.7 Å². The molecule has 0 bridgehead atoms. The van der Waals surface area contributed by atoms with Crippen LogP contribution in [0.25, 0.3) is 6.08 Å². The molecular weight excluding hydrogens is 342 g/mol. The molecule has 0 radical (unpaired) electrons. The van der Waals surface area contributed by atoms with Gasteiger partial charge in [-0.1, -0.05) is 22.0 Å². The van der Waals surface area contributed by atoms with E-state index < -0.39 is 0 Å². The second-order valence-electron chi connectivity index (χ2n) is 3.75. The van der Waals surface area contributed by atoms with Gasteiger partial charge in [0.05, 0.1) is 12.3 Å². The molecule has 0 unspecified atom stereocenters. The van der Waals surface area contributed by atoms with E-state index in [2.05, 4.69) is 31.5 Å². The highest BCUT2D eigenvalue weighted by Gasteiger charge is 2.05. The first kappa shape index (κ1) is 14.7. The number of anilines is 2. The maximum atomic E-state index is 11.8. The summed E-state index contributed by atoms with van der Waals surface area (Å²) < 4.78 is 0.948. The minimum Gasteiger partial charge on any atom is -0.392 e. The standard InChI is InChI=1S/C13H12BrN3O2S/c14-9-3-5-10(6-4-9)15-12(19)17-13-16-11(8-20-13)2-1-7-18/h1-6,8,18H,7H2,(H2,15,16,17,19). The second kappa shape index (κ2) is 7.18. The van der Waals surface area contributed by atoms with E-state index in [1.165, 1.54) is 11.3 Å². The number of carbonyl (C=O) groups is 1. The fourth-order valence-corrected chi connectivity index (χ4v) is 2.32. The van der Waals surface area contributed by atoms with E-state index in [0.717, 1.165) is 4.47 Å². The molecule has 2 rings (SSSR count). The summed E-state index contributed by atoms with van der Waals surface area (Å²) in [6, 6.07) is 6.93. The number of nitrogens with zero attached hydrogens (tertiary/aromatic N) is 1. The normalized spacial score (nSPS) is 10.7. The predicted molar refractivity (Wildman–Crippen MR) is 85.0 cm³/mol. The van der Waals surface area contributed by atoms with E-state index in [1.807, 2.05) is 12.1 Å². The predicted octanol–water partition coefficient (Wildman–Crippen LogP) is 3.56. The van der Waals surface area contributed by atoms with Crippen molar-refractivity contribution in [1.29, 1.82) is 0 Å². The van der Waals surface area contributed by atoms with Crippen LogP contribution in [0.1, 0.15) is 5.69 Å².